The fraction of sp³-hybridized carbons (Fsp3) is 0.250. The quantitative estimate of drug-likeness (QED) is 0.275. The SMILES string of the molecule is COc1ccc([C@@H]2CC(=O)C3=C(C2)NC(C)=C(C(=O)Nc2ccccc2C)[C@@H]3c2ccc([N+](=O)[O-])cc2)cc1OC. The molecule has 0 saturated carbocycles. The fourth-order valence-electron chi connectivity index (χ4n) is 5.71. The summed E-state index contributed by atoms with van der Waals surface area (Å²) in [5.41, 5.74) is 5.37. The average Bonchev–Trinajstić information content (AvgIpc) is 2.97. The van der Waals surface area contributed by atoms with Crippen LogP contribution in [0.25, 0.3) is 0 Å². The van der Waals surface area contributed by atoms with Crippen LogP contribution in [0.15, 0.2) is 89.3 Å². The number of carbonyl (C=O) groups excluding carboxylic acids is 2. The molecule has 0 radical (unpaired) electrons. The van der Waals surface area contributed by atoms with Crippen LogP contribution < -0.4 is 20.1 Å². The van der Waals surface area contributed by atoms with E-state index in [1.54, 1.807) is 26.4 Å². The Bertz CT molecular complexity index is 1610. The second-order valence-corrected chi connectivity index (χ2v) is 10.2. The first kappa shape index (κ1) is 27.6. The van der Waals surface area contributed by atoms with Crippen LogP contribution in [0.1, 0.15) is 48.3 Å². The molecule has 1 aliphatic heterocycles. The largest absolute Gasteiger partial charge is 0.493 e. The fourth-order valence-corrected chi connectivity index (χ4v) is 5.71. The predicted molar refractivity (Wildman–Crippen MR) is 155 cm³/mol. The van der Waals surface area contributed by atoms with E-state index in [-0.39, 0.29) is 29.7 Å². The molecule has 3 aromatic carbocycles. The van der Waals surface area contributed by atoms with Crippen molar-refractivity contribution in [2.45, 2.75) is 38.5 Å². The summed E-state index contributed by atoms with van der Waals surface area (Å²) in [5.74, 6) is -0.0278. The zero-order valence-electron chi connectivity index (χ0n) is 23.3. The number of nitro groups is 1. The van der Waals surface area contributed by atoms with E-state index in [1.165, 1.54) is 12.1 Å². The highest BCUT2D eigenvalue weighted by atomic mass is 16.6. The number of aryl methyl sites for hydroxylation is 1. The van der Waals surface area contributed by atoms with Crippen LogP contribution in [0.5, 0.6) is 11.5 Å². The topological polar surface area (TPSA) is 120 Å². The molecule has 9 heteroatoms. The lowest BCUT2D eigenvalue weighted by Gasteiger charge is -2.37. The van der Waals surface area contributed by atoms with Gasteiger partial charge in [-0.25, -0.2) is 0 Å². The number of hydrogen-bond acceptors (Lipinski definition) is 7. The summed E-state index contributed by atoms with van der Waals surface area (Å²) in [7, 11) is 3.15. The number of nitrogens with one attached hydrogen (secondary N) is 2. The molecule has 0 fully saturated rings. The highest BCUT2D eigenvalue weighted by molar-refractivity contribution is 6.10. The average molecular weight is 554 g/mol. The monoisotopic (exact) mass is 553 g/mol. The molecule has 2 N–H and O–H groups in total. The minimum absolute atomic E-state index is 0.0630. The Morgan fingerprint density at radius 3 is 2.29 bits per heavy atom. The Morgan fingerprint density at radius 1 is 0.951 bits per heavy atom. The number of allylic oxidation sites excluding steroid dienone is 3. The number of rotatable bonds is 7. The third-order valence-electron chi connectivity index (χ3n) is 7.78. The summed E-state index contributed by atoms with van der Waals surface area (Å²) in [4.78, 5) is 38.6. The van der Waals surface area contributed by atoms with Crippen molar-refractivity contribution >= 4 is 23.1 Å². The van der Waals surface area contributed by atoms with E-state index in [1.807, 2.05) is 56.3 Å². The van der Waals surface area contributed by atoms with Gasteiger partial charge in [-0.3, -0.25) is 19.7 Å². The molecule has 5 rings (SSSR count). The molecule has 1 aliphatic carbocycles. The molecule has 0 unspecified atom stereocenters. The molecule has 1 amide bonds. The number of dihydropyridines is 1. The van der Waals surface area contributed by atoms with E-state index in [4.69, 9.17) is 9.47 Å². The Labute approximate surface area is 238 Å². The summed E-state index contributed by atoms with van der Waals surface area (Å²) < 4.78 is 10.9. The molecule has 2 atom stereocenters. The second-order valence-electron chi connectivity index (χ2n) is 10.2. The number of Topliss-reactive ketones (excluding diaryl/α,β-unsaturated/α-hetero) is 1. The zero-order valence-corrected chi connectivity index (χ0v) is 23.3. The number of benzene rings is 3. The van der Waals surface area contributed by atoms with E-state index in [9.17, 15) is 19.7 Å². The molecule has 0 bridgehead atoms. The van der Waals surface area contributed by atoms with E-state index in [2.05, 4.69) is 10.6 Å². The summed E-state index contributed by atoms with van der Waals surface area (Å²) >= 11 is 0. The summed E-state index contributed by atoms with van der Waals surface area (Å²) in [6.45, 7) is 3.73. The molecule has 210 valence electrons. The van der Waals surface area contributed by atoms with Gasteiger partial charge < -0.3 is 20.1 Å². The maximum atomic E-state index is 13.9. The number of nitrogens with zero attached hydrogens (tertiary/aromatic N) is 1. The van der Waals surface area contributed by atoms with E-state index < -0.39 is 10.8 Å². The number of nitro benzene ring substituents is 1. The van der Waals surface area contributed by atoms with Gasteiger partial charge in [0.15, 0.2) is 17.3 Å². The van der Waals surface area contributed by atoms with Crippen LogP contribution >= 0.6 is 0 Å². The normalized spacial score (nSPS) is 18.4. The van der Waals surface area contributed by atoms with Gasteiger partial charge in [-0.05, 0) is 61.1 Å². The molecule has 0 saturated heterocycles. The maximum absolute atomic E-state index is 13.9. The van der Waals surface area contributed by atoms with Crippen LogP contribution in [0.3, 0.4) is 0 Å². The summed E-state index contributed by atoms with van der Waals surface area (Å²) in [6.07, 6.45) is 0.787. The van der Waals surface area contributed by atoms with Crippen LogP contribution in [0, 0.1) is 17.0 Å². The van der Waals surface area contributed by atoms with Crippen molar-refractivity contribution in [3.05, 3.63) is 116 Å². The molecule has 9 nitrogen and oxygen atoms in total. The van der Waals surface area contributed by atoms with Crippen LogP contribution in [-0.4, -0.2) is 30.8 Å². The minimum Gasteiger partial charge on any atom is -0.493 e. The van der Waals surface area contributed by atoms with Crippen molar-refractivity contribution in [3.8, 4) is 11.5 Å². The van der Waals surface area contributed by atoms with Crippen LogP contribution in [-0.2, 0) is 9.59 Å². The number of methoxy groups -OCH3 is 2. The Hall–Kier alpha value is -4.92. The number of anilines is 1. The molecule has 1 heterocycles. The number of hydrogen-bond donors (Lipinski definition) is 2. The van der Waals surface area contributed by atoms with Gasteiger partial charge in [0, 0.05) is 52.7 Å². The van der Waals surface area contributed by atoms with Crippen molar-refractivity contribution in [1.29, 1.82) is 0 Å². The van der Waals surface area contributed by atoms with Crippen molar-refractivity contribution in [1.82, 2.24) is 5.32 Å². The number of non-ortho nitro benzene ring substituents is 1. The van der Waals surface area contributed by atoms with Crippen molar-refractivity contribution in [2.24, 2.45) is 0 Å². The van der Waals surface area contributed by atoms with Crippen molar-refractivity contribution in [2.75, 3.05) is 19.5 Å². The Kier molecular flexibility index (Phi) is 7.61. The molecule has 2 aliphatic rings. The lowest BCUT2D eigenvalue weighted by molar-refractivity contribution is -0.384. The lowest BCUT2D eigenvalue weighted by Crippen LogP contribution is -2.37. The van der Waals surface area contributed by atoms with Gasteiger partial charge in [0.25, 0.3) is 11.6 Å². The third kappa shape index (κ3) is 5.30. The standard InChI is InChI=1S/C32H31N3O6/c1-18-7-5-6-8-24(18)34-32(37)29-19(2)33-25-15-22(21-11-14-27(40-3)28(17-21)41-4)16-26(36)31(25)30(29)20-9-12-23(13-10-20)35(38)39/h5-14,17,22,30,33H,15-16H2,1-4H3,(H,34,37)/t22-,30-/m0/s1. The first-order chi connectivity index (χ1) is 19.7. The molecule has 0 spiro atoms. The molecule has 3 aromatic rings. The van der Waals surface area contributed by atoms with Gasteiger partial charge in [0.05, 0.1) is 19.1 Å². The highest BCUT2D eigenvalue weighted by Gasteiger charge is 2.41. The number of amides is 1. The summed E-state index contributed by atoms with van der Waals surface area (Å²) in [5, 5.41) is 17.7. The van der Waals surface area contributed by atoms with Crippen LogP contribution in [0.2, 0.25) is 0 Å². The van der Waals surface area contributed by atoms with Gasteiger partial charge in [-0.2, -0.15) is 0 Å². The first-order valence-corrected chi connectivity index (χ1v) is 13.3. The maximum Gasteiger partial charge on any atom is 0.269 e. The summed E-state index contributed by atoms with van der Waals surface area (Å²) in [6, 6.07) is 19.2. The number of para-hydroxylation sites is 1. The minimum atomic E-state index is -0.685. The molecular weight excluding hydrogens is 522 g/mol. The van der Waals surface area contributed by atoms with Gasteiger partial charge >= 0.3 is 0 Å². The number of ketones is 1. The second kappa shape index (κ2) is 11.3. The highest BCUT2D eigenvalue weighted by Crippen LogP contribution is 2.46. The van der Waals surface area contributed by atoms with Crippen molar-refractivity contribution in [3.63, 3.8) is 0 Å². The van der Waals surface area contributed by atoms with Crippen molar-refractivity contribution < 1.29 is 24.0 Å². The smallest absolute Gasteiger partial charge is 0.269 e. The molecule has 41 heavy (non-hydrogen) atoms. The zero-order chi connectivity index (χ0) is 29.3. The van der Waals surface area contributed by atoms with Gasteiger partial charge in [0.1, 0.15) is 0 Å². The third-order valence-corrected chi connectivity index (χ3v) is 7.78. The van der Waals surface area contributed by atoms with E-state index in [0.29, 0.717) is 46.0 Å². The number of ether oxygens (including phenoxy) is 2. The Balaban J connectivity index is 1.56. The Morgan fingerprint density at radius 2 is 1.63 bits per heavy atom. The van der Waals surface area contributed by atoms with Gasteiger partial charge in [0.2, 0.25) is 0 Å². The first-order valence-electron chi connectivity index (χ1n) is 13.3. The molecular formula is C32H31N3O6. The van der Waals surface area contributed by atoms with Gasteiger partial charge in [-0.15, -0.1) is 0 Å². The predicted octanol–water partition coefficient (Wildman–Crippen LogP) is 5.92. The van der Waals surface area contributed by atoms with Gasteiger partial charge in [-0.1, -0.05) is 36.4 Å². The van der Waals surface area contributed by atoms with Crippen LogP contribution in [0.4, 0.5) is 11.4 Å². The molecule has 0 aromatic heterocycles. The van der Waals surface area contributed by atoms with E-state index >= 15 is 0 Å². The lowest BCUT2D eigenvalue weighted by atomic mass is 9.71. The number of carbonyl (C=O) groups is 2. The van der Waals surface area contributed by atoms with E-state index in [0.717, 1.165) is 16.8 Å².